The summed E-state index contributed by atoms with van der Waals surface area (Å²) in [5, 5.41) is 0. The van der Waals surface area contributed by atoms with Crippen LogP contribution in [-0.2, 0) is 0 Å². The van der Waals surface area contributed by atoms with Gasteiger partial charge in [-0.25, -0.2) is 0 Å². The summed E-state index contributed by atoms with van der Waals surface area (Å²) in [7, 11) is 0. The molecule has 0 unspecified atom stereocenters. The fourth-order valence-corrected chi connectivity index (χ4v) is 0.528. The summed E-state index contributed by atoms with van der Waals surface area (Å²) in [6, 6.07) is 3.31. The van der Waals surface area contributed by atoms with Crippen molar-refractivity contribution < 1.29 is 4.79 Å². The number of hydrogen-bond donors (Lipinski definition) is 0. The summed E-state index contributed by atoms with van der Waals surface area (Å²) in [6.07, 6.45) is 4.09. The van der Waals surface area contributed by atoms with Gasteiger partial charge in [0.05, 0.1) is 6.20 Å². The Balaban J connectivity index is 2.98. The van der Waals surface area contributed by atoms with Crippen molar-refractivity contribution in [2.45, 2.75) is 6.92 Å². The Morgan fingerprint density at radius 3 is 2.89 bits per heavy atom. The topological polar surface area (TPSA) is 30.0 Å². The normalized spacial score (nSPS) is 9.00. The van der Waals surface area contributed by atoms with Crippen molar-refractivity contribution in [3.05, 3.63) is 30.1 Å². The van der Waals surface area contributed by atoms with Crippen LogP contribution in [0.15, 0.2) is 18.3 Å². The highest BCUT2D eigenvalue weighted by molar-refractivity contribution is 5.93. The molecule has 1 aromatic heterocycles. The van der Waals surface area contributed by atoms with Crippen molar-refractivity contribution in [3.8, 4) is 0 Å². The first kappa shape index (κ1) is 5.95. The minimum Gasteiger partial charge on any atom is -0.294 e. The average molecular weight is 120 g/mol. The molecular weight excluding hydrogens is 114 g/mol. The van der Waals surface area contributed by atoms with Crippen molar-refractivity contribution in [2.75, 3.05) is 0 Å². The number of pyridine rings is 1. The molecular formula is C7H6NO. The molecule has 0 fully saturated rings. The monoisotopic (exact) mass is 120 g/mol. The highest BCUT2D eigenvalue weighted by atomic mass is 16.1. The fraction of sp³-hybridized carbons (Fsp3) is 0.143. The smallest absolute Gasteiger partial charge is 0.161 e. The zero-order valence-electron chi connectivity index (χ0n) is 5.09. The number of nitrogens with zero attached hydrogens (tertiary/aromatic N) is 1. The molecule has 9 heavy (non-hydrogen) atoms. The average Bonchev–Trinajstić information content (AvgIpc) is 1.90. The molecule has 2 heteroatoms. The van der Waals surface area contributed by atoms with Crippen molar-refractivity contribution in [1.29, 1.82) is 0 Å². The van der Waals surface area contributed by atoms with Crippen molar-refractivity contribution in [1.82, 2.24) is 4.98 Å². The Hall–Kier alpha value is -1.18. The van der Waals surface area contributed by atoms with Crippen LogP contribution in [0.4, 0.5) is 0 Å². The molecule has 2 nitrogen and oxygen atoms in total. The lowest BCUT2D eigenvalue weighted by Gasteiger charge is -1.88. The molecule has 0 aromatic carbocycles. The minimum atomic E-state index is 0.0384. The van der Waals surface area contributed by atoms with Gasteiger partial charge in [0, 0.05) is 11.8 Å². The summed E-state index contributed by atoms with van der Waals surface area (Å²) in [4.78, 5) is 14.3. The van der Waals surface area contributed by atoms with Gasteiger partial charge >= 0.3 is 0 Å². The predicted molar refractivity (Wildman–Crippen MR) is 33.1 cm³/mol. The maximum absolute atomic E-state index is 10.6. The zero-order chi connectivity index (χ0) is 6.69. The number of hydrogen-bond acceptors (Lipinski definition) is 2. The highest BCUT2D eigenvalue weighted by Gasteiger charge is 1.94. The van der Waals surface area contributed by atoms with E-state index in [1.807, 2.05) is 0 Å². The fourth-order valence-electron chi connectivity index (χ4n) is 0.528. The van der Waals surface area contributed by atoms with E-state index in [4.69, 9.17) is 0 Å². The van der Waals surface area contributed by atoms with Gasteiger partial charge in [0.1, 0.15) is 0 Å². The third kappa shape index (κ3) is 1.35. The maximum atomic E-state index is 10.6. The standard InChI is InChI=1S/C7H6NO/c1-6(9)7-3-2-4-8-5-7/h2-3,5H,1H3. The second-order valence-corrected chi connectivity index (χ2v) is 1.73. The summed E-state index contributed by atoms with van der Waals surface area (Å²) in [5.41, 5.74) is 0.633. The summed E-state index contributed by atoms with van der Waals surface area (Å²) >= 11 is 0. The van der Waals surface area contributed by atoms with Crippen molar-refractivity contribution >= 4 is 5.78 Å². The van der Waals surface area contributed by atoms with Crippen LogP contribution >= 0.6 is 0 Å². The SMILES string of the molecule is CC(=O)c1cc[c]nc1. The first-order valence-corrected chi connectivity index (χ1v) is 2.64. The first-order valence-electron chi connectivity index (χ1n) is 2.64. The molecule has 0 aliphatic heterocycles. The Morgan fingerprint density at radius 1 is 1.78 bits per heavy atom. The number of Topliss-reactive ketones (excluding diaryl/α,β-unsaturated/α-hetero) is 1. The van der Waals surface area contributed by atoms with Crippen LogP contribution in [0.2, 0.25) is 0 Å². The molecule has 1 aromatic rings. The number of ketones is 1. The van der Waals surface area contributed by atoms with Gasteiger partial charge in [-0.1, -0.05) is 0 Å². The van der Waals surface area contributed by atoms with E-state index in [1.54, 1.807) is 12.1 Å². The Morgan fingerprint density at radius 2 is 2.56 bits per heavy atom. The number of aromatic nitrogens is 1. The molecule has 45 valence electrons. The van der Waals surface area contributed by atoms with Crippen molar-refractivity contribution in [3.63, 3.8) is 0 Å². The van der Waals surface area contributed by atoms with E-state index >= 15 is 0 Å². The summed E-state index contributed by atoms with van der Waals surface area (Å²) in [6.45, 7) is 1.51. The highest BCUT2D eigenvalue weighted by Crippen LogP contribution is 1.94. The van der Waals surface area contributed by atoms with Gasteiger partial charge in [-0.2, -0.15) is 0 Å². The molecule has 0 bridgehead atoms. The molecule has 0 atom stereocenters. The molecule has 1 heterocycles. The predicted octanol–water partition coefficient (Wildman–Crippen LogP) is 1.08. The van der Waals surface area contributed by atoms with E-state index in [9.17, 15) is 4.79 Å². The van der Waals surface area contributed by atoms with Gasteiger partial charge in [-0.3, -0.25) is 9.78 Å². The van der Waals surface area contributed by atoms with E-state index < -0.39 is 0 Å². The third-order valence-electron chi connectivity index (χ3n) is 1.02. The molecule has 0 N–H and O–H groups in total. The molecule has 0 saturated carbocycles. The zero-order valence-corrected chi connectivity index (χ0v) is 5.09. The largest absolute Gasteiger partial charge is 0.294 e. The van der Waals surface area contributed by atoms with Crippen LogP contribution < -0.4 is 0 Å². The number of carbonyl (C=O) groups is 1. The number of carbonyl (C=O) groups excluding carboxylic acids is 1. The lowest BCUT2D eigenvalue weighted by molar-refractivity contribution is 0.101. The minimum absolute atomic E-state index is 0.0384. The lowest BCUT2D eigenvalue weighted by Crippen LogP contribution is -1.90. The Bertz CT molecular complexity index is 205. The van der Waals surface area contributed by atoms with Crippen LogP contribution in [0.1, 0.15) is 17.3 Å². The summed E-state index contributed by atoms with van der Waals surface area (Å²) in [5.74, 6) is 0.0384. The molecule has 0 saturated heterocycles. The second kappa shape index (κ2) is 2.40. The van der Waals surface area contributed by atoms with Gasteiger partial charge in [-0.05, 0) is 19.1 Å². The van der Waals surface area contributed by atoms with Gasteiger partial charge in [0.2, 0.25) is 0 Å². The third-order valence-corrected chi connectivity index (χ3v) is 1.02. The van der Waals surface area contributed by atoms with E-state index in [-0.39, 0.29) is 5.78 Å². The van der Waals surface area contributed by atoms with E-state index in [0.29, 0.717) is 5.56 Å². The van der Waals surface area contributed by atoms with E-state index in [0.717, 1.165) is 0 Å². The quantitative estimate of drug-likeness (QED) is 0.519. The van der Waals surface area contributed by atoms with Gasteiger partial charge in [0.25, 0.3) is 0 Å². The first-order chi connectivity index (χ1) is 4.30. The van der Waals surface area contributed by atoms with Gasteiger partial charge < -0.3 is 0 Å². The van der Waals surface area contributed by atoms with Crippen LogP contribution in [0.3, 0.4) is 0 Å². The van der Waals surface area contributed by atoms with Crippen LogP contribution in [0.25, 0.3) is 0 Å². The number of rotatable bonds is 1. The van der Waals surface area contributed by atoms with Crippen LogP contribution in [0, 0.1) is 6.20 Å². The Kier molecular flexibility index (Phi) is 1.58. The van der Waals surface area contributed by atoms with E-state index in [1.165, 1.54) is 13.1 Å². The molecule has 0 aliphatic carbocycles. The molecule has 1 rings (SSSR count). The molecule has 0 spiro atoms. The molecule has 0 amide bonds. The van der Waals surface area contributed by atoms with Crippen LogP contribution in [-0.4, -0.2) is 10.8 Å². The molecule has 1 radical (unpaired) electrons. The summed E-state index contributed by atoms with van der Waals surface area (Å²) < 4.78 is 0. The van der Waals surface area contributed by atoms with Gasteiger partial charge in [-0.15, -0.1) is 0 Å². The van der Waals surface area contributed by atoms with Gasteiger partial charge in [0.15, 0.2) is 5.78 Å². The maximum Gasteiger partial charge on any atom is 0.161 e. The Labute approximate surface area is 53.5 Å². The molecule has 0 aliphatic rings. The lowest BCUT2D eigenvalue weighted by atomic mass is 10.2. The van der Waals surface area contributed by atoms with E-state index in [2.05, 4.69) is 11.2 Å². The van der Waals surface area contributed by atoms with Crippen molar-refractivity contribution in [2.24, 2.45) is 0 Å². The van der Waals surface area contributed by atoms with Crippen LogP contribution in [0.5, 0.6) is 0 Å². The second-order valence-electron chi connectivity index (χ2n) is 1.73.